The summed E-state index contributed by atoms with van der Waals surface area (Å²) in [7, 11) is 0. The summed E-state index contributed by atoms with van der Waals surface area (Å²) in [5.74, 6) is 2.26. The van der Waals surface area contributed by atoms with Crippen LogP contribution >= 0.6 is 0 Å². The molecule has 0 amide bonds. The molecule has 2 N–H and O–H groups in total. The van der Waals surface area contributed by atoms with E-state index in [0.29, 0.717) is 18.4 Å². The van der Waals surface area contributed by atoms with Gasteiger partial charge in [-0.15, -0.1) is 0 Å². The molecule has 5 heteroatoms. The first kappa shape index (κ1) is 19.2. The smallest absolute Gasteiger partial charge is 0.191 e. The first-order chi connectivity index (χ1) is 14.3. The molecule has 150 valence electrons. The average Bonchev–Trinajstić information content (AvgIpc) is 3.36. The average molecular weight is 388 g/mol. The Hall–Kier alpha value is -3.08. The number of nitrogens with one attached hydrogen (secondary N) is 2. The van der Waals surface area contributed by atoms with Crippen LogP contribution in [0.25, 0.3) is 0 Å². The highest BCUT2D eigenvalue weighted by Crippen LogP contribution is 2.46. The molecule has 0 aliphatic heterocycles. The van der Waals surface area contributed by atoms with Crippen molar-refractivity contribution in [2.75, 3.05) is 13.1 Å². The third-order valence-corrected chi connectivity index (χ3v) is 5.44. The van der Waals surface area contributed by atoms with E-state index < -0.39 is 0 Å². The van der Waals surface area contributed by atoms with Crippen molar-refractivity contribution in [3.05, 3.63) is 89.7 Å². The summed E-state index contributed by atoms with van der Waals surface area (Å²) in [6, 6.07) is 21.2. The lowest BCUT2D eigenvalue weighted by molar-refractivity contribution is 0.680. The van der Waals surface area contributed by atoms with E-state index in [2.05, 4.69) is 77.3 Å². The zero-order chi connectivity index (χ0) is 19.9. The minimum atomic E-state index is 0.652. The Labute approximate surface area is 172 Å². The second-order valence-corrected chi connectivity index (χ2v) is 7.56. The lowest BCUT2D eigenvalue weighted by atomic mass is 10.1. The minimum absolute atomic E-state index is 0.652. The lowest BCUT2D eigenvalue weighted by Crippen LogP contribution is -2.38. The van der Waals surface area contributed by atoms with Gasteiger partial charge in [0.1, 0.15) is 0 Å². The predicted molar refractivity (Wildman–Crippen MR) is 118 cm³/mol. The number of aromatic nitrogens is 2. The SMILES string of the molecule is CCNC(=NCc1ccccc1Cn1cccn1)NCC1CC1c1ccccc1. The van der Waals surface area contributed by atoms with Gasteiger partial charge in [-0.25, -0.2) is 4.99 Å². The summed E-state index contributed by atoms with van der Waals surface area (Å²) >= 11 is 0. The predicted octanol–water partition coefficient (Wildman–Crippen LogP) is 3.79. The monoisotopic (exact) mass is 387 g/mol. The maximum absolute atomic E-state index is 4.84. The fourth-order valence-electron chi connectivity index (χ4n) is 3.75. The summed E-state index contributed by atoms with van der Waals surface area (Å²) in [6.07, 6.45) is 5.06. The number of guanidine groups is 1. The first-order valence-electron chi connectivity index (χ1n) is 10.4. The molecule has 2 atom stereocenters. The van der Waals surface area contributed by atoms with E-state index >= 15 is 0 Å². The molecule has 0 saturated heterocycles. The molecule has 1 fully saturated rings. The van der Waals surface area contributed by atoms with Crippen LogP contribution in [-0.4, -0.2) is 28.8 Å². The molecular weight excluding hydrogens is 358 g/mol. The number of aliphatic imine (C=N–C) groups is 1. The molecule has 0 bridgehead atoms. The quantitative estimate of drug-likeness (QED) is 0.457. The van der Waals surface area contributed by atoms with E-state index in [1.54, 1.807) is 0 Å². The molecule has 1 aromatic heterocycles. The van der Waals surface area contributed by atoms with Gasteiger partial charge in [-0.05, 0) is 47.9 Å². The van der Waals surface area contributed by atoms with E-state index in [0.717, 1.165) is 25.6 Å². The Morgan fingerprint density at radius 1 is 1.03 bits per heavy atom. The van der Waals surface area contributed by atoms with Gasteiger partial charge in [0.05, 0.1) is 13.1 Å². The molecule has 1 saturated carbocycles. The van der Waals surface area contributed by atoms with Crippen LogP contribution in [0.3, 0.4) is 0 Å². The number of nitrogens with zero attached hydrogens (tertiary/aromatic N) is 3. The molecular formula is C24H29N5. The fraction of sp³-hybridized carbons (Fsp3) is 0.333. The highest BCUT2D eigenvalue weighted by molar-refractivity contribution is 5.79. The molecule has 4 rings (SSSR count). The number of rotatable bonds is 8. The van der Waals surface area contributed by atoms with Crippen molar-refractivity contribution < 1.29 is 0 Å². The van der Waals surface area contributed by atoms with Gasteiger partial charge >= 0.3 is 0 Å². The van der Waals surface area contributed by atoms with E-state index in [1.165, 1.54) is 23.1 Å². The van der Waals surface area contributed by atoms with Crippen molar-refractivity contribution in [1.82, 2.24) is 20.4 Å². The van der Waals surface area contributed by atoms with Crippen molar-refractivity contribution in [3.63, 3.8) is 0 Å². The molecule has 3 aromatic rings. The number of benzene rings is 2. The Kier molecular flexibility index (Phi) is 6.25. The third-order valence-electron chi connectivity index (χ3n) is 5.44. The highest BCUT2D eigenvalue weighted by atomic mass is 15.3. The van der Waals surface area contributed by atoms with Crippen LogP contribution in [0.4, 0.5) is 0 Å². The molecule has 0 radical (unpaired) electrons. The molecule has 2 aromatic carbocycles. The standard InChI is InChI=1S/C24H29N5/c1-2-25-24(27-17-22-15-23(22)19-9-4-3-5-10-19)26-16-20-11-6-7-12-21(20)18-29-14-8-13-28-29/h3-14,22-23H,2,15-18H2,1H3,(H2,25,26,27). The normalized spacial score (nSPS) is 18.4. The Morgan fingerprint density at radius 2 is 1.83 bits per heavy atom. The summed E-state index contributed by atoms with van der Waals surface area (Å²) in [5.41, 5.74) is 3.93. The van der Waals surface area contributed by atoms with Crippen molar-refractivity contribution in [1.29, 1.82) is 0 Å². The maximum atomic E-state index is 4.84. The van der Waals surface area contributed by atoms with Gasteiger partial charge in [0.2, 0.25) is 0 Å². The van der Waals surface area contributed by atoms with Crippen LogP contribution in [0, 0.1) is 5.92 Å². The zero-order valence-electron chi connectivity index (χ0n) is 17.0. The van der Waals surface area contributed by atoms with Crippen molar-refractivity contribution in [2.24, 2.45) is 10.9 Å². The fourth-order valence-corrected chi connectivity index (χ4v) is 3.75. The Morgan fingerprint density at radius 3 is 2.59 bits per heavy atom. The second-order valence-electron chi connectivity index (χ2n) is 7.56. The summed E-state index contributed by atoms with van der Waals surface area (Å²) in [6.45, 7) is 5.34. The maximum Gasteiger partial charge on any atom is 0.191 e. The molecule has 1 aliphatic carbocycles. The first-order valence-corrected chi connectivity index (χ1v) is 10.4. The topological polar surface area (TPSA) is 54.2 Å². The van der Waals surface area contributed by atoms with Gasteiger partial charge in [-0.2, -0.15) is 5.10 Å². The van der Waals surface area contributed by atoms with Crippen LogP contribution in [0.15, 0.2) is 78.0 Å². The van der Waals surface area contributed by atoms with E-state index in [1.807, 2.05) is 23.1 Å². The van der Waals surface area contributed by atoms with Gasteiger partial charge in [0.15, 0.2) is 5.96 Å². The lowest BCUT2D eigenvalue weighted by Gasteiger charge is -2.13. The third kappa shape index (κ3) is 5.25. The highest BCUT2D eigenvalue weighted by Gasteiger charge is 2.37. The van der Waals surface area contributed by atoms with Crippen molar-refractivity contribution in [3.8, 4) is 0 Å². The molecule has 1 aliphatic rings. The summed E-state index contributed by atoms with van der Waals surface area (Å²) in [4.78, 5) is 4.84. The minimum Gasteiger partial charge on any atom is -0.357 e. The summed E-state index contributed by atoms with van der Waals surface area (Å²) < 4.78 is 1.95. The van der Waals surface area contributed by atoms with Gasteiger partial charge in [-0.3, -0.25) is 4.68 Å². The van der Waals surface area contributed by atoms with Crippen LogP contribution in [0.5, 0.6) is 0 Å². The van der Waals surface area contributed by atoms with Crippen molar-refractivity contribution in [2.45, 2.75) is 32.4 Å². The molecule has 29 heavy (non-hydrogen) atoms. The van der Waals surface area contributed by atoms with E-state index in [9.17, 15) is 0 Å². The number of hydrogen-bond donors (Lipinski definition) is 2. The van der Waals surface area contributed by atoms with Crippen LogP contribution in [0.1, 0.15) is 36.0 Å². The molecule has 0 spiro atoms. The Bertz CT molecular complexity index is 917. The van der Waals surface area contributed by atoms with Gasteiger partial charge in [0, 0.05) is 25.5 Å². The molecule has 1 heterocycles. The van der Waals surface area contributed by atoms with Crippen LogP contribution in [0.2, 0.25) is 0 Å². The van der Waals surface area contributed by atoms with Gasteiger partial charge in [-0.1, -0.05) is 54.6 Å². The Balaban J connectivity index is 1.35. The van der Waals surface area contributed by atoms with Gasteiger partial charge < -0.3 is 10.6 Å². The van der Waals surface area contributed by atoms with E-state index in [4.69, 9.17) is 4.99 Å². The largest absolute Gasteiger partial charge is 0.357 e. The molecule has 2 unspecified atom stereocenters. The molecule has 5 nitrogen and oxygen atoms in total. The van der Waals surface area contributed by atoms with Crippen LogP contribution in [-0.2, 0) is 13.1 Å². The van der Waals surface area contributed by atoms with Crippen molar-refractivity contribution >= 4 is 5.96 Å². The second kappa shape index (κ2) is 9.41. The summed E-state index contributed by atoms with van der Waals surface area (Å²) in [5, 5.41) is 11.2. The van der Waals surface area contributed by atoms with E-state index in [-0.39, 0.29) is 0 Å². The number of hydrogen-bond acceptors (Lipinski definition) is 2. The van der Waals surface area contributed by atoms with Crippen LogP contribution < -0.4 is 10.6 Å². The van der Waals surface area contributed by atoms with Gasteiger partial charge in [0.25, 0.3) is 0 Å². The zero-order valence-corrected chi connectivity index (χ0v) is 17.0.